The van der Waals surface area contributed by atoms with E-state index in [1.165, 1.54) is 0 Å². The number of hydrogen-bond donors (Lipinski definition) is 1. The van der Waals surface area contributed by atoms with Gasteiger partial charge in [-0.1, -0.05) is 18.2 Å². The zero-order valence-electron chi connectivity index (χ0n) is 15.8. The fraction of sp³-hybridized carbons (Fsp3) is 0.333. The van der Waals surface area contributed by atoms with Gasteiger partial charge in [0.25, 0.3) is 5.91 Å². The summed E-state index contributed by atoms with van der Waals surface area (Å²) in [4.78, 5) is 35.9. The largest absolute Gasteiger partial charge is 0.341 e. The monoisotopic (exact) mass is 377 g/mol. The van der Waals surface area contributed by atoms with Crippen LogP contribution in [0.5, 0.6) is 0 Å². The highest BCUT2D eigenvalue weighted by molar-refractivity contribution is 5.92. The summed E-state index contributed by atoms with van der Waals surface area (Å²) in [6, 6.07) is 12.6. The normalized spacial score (nSPS) is 15.0. The van der Waals surface area contributed by atoms with Crippen LogP contribution >= 0.6 is 0 Å². The van der Waals surface area contributed by atoms with E-state index in [4.69, 9.17) is 4.98 Å². The zero-order chi connectivity index (χ0) is 19.5. The molecule has 0 bridgehead atoms. The maximum absolute atomic E-state index is 12.8. The molecule has 1 N–H and O–H groups in total. The first kappa shape index (κ1) is 18.2. The smallest absolute Gasteiger partial charge is 0.270 e. The van der Waals surface area contributed by atoms with Crippen molar-refractivity contribution >= 4 is 22.8 Å². The third-order valence-corrected chi connectivity index (χ3v) is 5.07. The molecule has 1 unspecified atom stereocenters. The Kier molecular flexibility index (Phi) is 5.06. The molecule has 7 nitrogen and oxygen atoms in total. The number of likely N-dealkylation sites (tertiary alicyclic amines) is 1. The van der Waals surface area contributed by atoms with Gasteiger partial charge in [-0.3, -0.25) is 14.6 Å². The number of pyridine rings is 1. The van der Waals surface area contributed by atoms with E-state index in [0.29, 0.717) is 11.5 Å². The van der Waals surface area contributed by atoms with Gasteiger partial charge in [0, 0.05) is 19.3 Å². The van der Waals surface area contributed by atoms with E-state index in [0.717, 1.165) is 37.0 Å². The average Bonchev–Trinajstić information content (AvgIpc) is 3.37. The van der Waals surface area contributed by atoms with E-state index in [2.05, 4.69) is 10.3 Å². The summed E-state index contributed by atoms with van der Waals surface area (Å²) in [7, 11) is 0. The number of fused-ring (bicyclic) bond motifs is 1. The molecule has 1 aliphatic rings. The van der Waals surface area contributed by atoms with Crippen LogP contribution in [0, 0.1) is 0 Å². The Morgan fingerprint density at radius 2 is 1.86 bits per heavy atom. The molecular formula is C21H23N5O2. The molecule has 28 heavy (non-hydrogen) atoms. The van der Waals surface area contributed by atoms with Crippen molar-refractivity contribution in [2.75, 3.05) is 13.1 Å². The summed E-state index contributed by atoms with van der Waals surface area (Å²) in [6.07, 6.45) is 3.70. The fourth-order valence-corrected chi connectivity index (χ4v) is 3.62. The Morgan fingerprint density at radius 1 is 1.11 bits per heavy atom. The second-order valence-electron chi connectivity index (χ2n) is 7.04. The Labute approximate surface area is 163 Å². The third-order valence-electron chi connectivity index (χ3n) is 5.07. The molecule has 1 fully saturated rings. The SMILES string of the molecule is CC(NC(=O)c1ccccn1)c1nc2ccccc2n1CC(=O)N1CCCC1. The van der Waals surface area contributed by atoms with Crippen LogP contribution < -0.4 is 5.32 Å². The van der Waals surface area contributed by atoms with Crippen molar-refractivity contribution in [3.63, 3.8) is 0 Å². The molecule has 7 heteroatoms. The average molecular weight is 377 g/mol. The van der Waals surface area contributed by atoms with Gasteiger partial charge in [-0.2, -0.15) is 0 Å². The van der Waals surface area contributed by atoms with Crippen LogP contribution in [0.2, 0.25) is 0 Å². The minimum Gasteiger partial charge on any atom is -0.341 e. The minimum atomic E-state index is -0.367. The van der Waals surface area contributed by atoms with Crippen LogP contribution in [0.3, 0.4) is 0 Å². The van der Waals surface area contributed by atoms with Crippen LogP contribution in [0.25, 0.3) is 11.0 Å². The zero-order valence-corrected chi connectivity index (χ0v) is 15.8. The summed E-state index contributed by atoms with van der Waals surface area (Å²) >= 11 is 0. The van der Waals surface area contributed by atoms with Crippen molar-refractivity contribution in [2.24, 2.45) is 0 Å². The number of nitrogens with one attached hydrogen (secondary N) is 1. The lowest BCUT2D eigenvalue weighted by atomic mass is 10.2. The lowest BCUT2D eigenvalue weighted by Gasteiger charge is -2.19. The number of para-hydroxylation sites is 2. The van der Waals surface area contributed by atoms with E-state index in [1.807, 2.05) is 40.7 Å². The summed E-state index contributed by atoms with van der Waals surface area (Å²) in [5.41, 5.74) is 2.06. The standard InChI is InChI=1S/C21H23N5O2/c1-15(23-21(28)17-9-4-5-11-22-17)20-24-16-8-2-3-10-18(16)26(20)14-19(27)25-12-6-7-13-25/h2-5,8-11,15H,6-7,12-14H2,1H3,(H,23,28). The Bertz CT molecular complexity index is 992. The quantitative estimate of drug-likeness (QED) is 0.741. The predicted molar refractivity (Wildman–Crippen MR) is 106 cm³/mol. The van der Waals surface area contributed by atoms with Crippen molar-refractivity contribution in [1.29, 1.82) is 0 Å². The Balaban J connectivity index is 1.62. The van der Waals surface area contributed by atoms with E-state index < -0.39 is 0 Å². The van der Waals surface area contributed by atoms with Gasteiger partial charge in [0.2, 0.25) is 5.91 Å². The Morgan fingerprint density at radius 3 is 2.61 bits per heavy atom. The second kappa shape index (κ2) is 7.80. The van der Waals surface area contributed by atoms with Gasteiger partial charge in [0.15, 0.2) is 0 Å². The van der Waals surface area contributed by atoms with E-state index in [-0.39, 0.29) is 24.4 Å². The lowest BCUT2D eigenvalue weighted by Crippen LogP contribution is -2.33. The number of nitrogens with zero attached hydrogens (tertiary/aromatic N) is 4. The van der Waals surface area contributed by atoms with Crippen LogP contribution in [-0.4, -0.2) is 44.3 Å². The van der Waals surface area contributed by atoms with Crippen molar-refractivity contribution < 1.29 is 9.59 Å². The number of amides is 2. The van der Waals surface area contributed by atoms with E-state index in [1.54, 1.807) is 24.4 Å². The molecule has 0 aliphatic carbocycles. The van der Waals surface area contributed by atoms with Crippen LogP contribution in [-0.2, 0) is 11.3 Å². The summed E-state index contributed by atoms with van der Waals surface area (Å²) in [5.74, 6) is 0.487. The van der Waals surface area contributed by atoms with Crippen LogP contribution in [0.15, 0.2) is 48.7 Å². The first-order valence-corrected chi connectivity index (χ1v) is 9.58. The molecule has 1 aliphatic heterocycles. The third kappa shape index (κ3) is 3.60. The molecule has 2 aromatic heterocycles. The van der Waals surface area contributed by atoms with E-state index in [9.17, 15) is 9.59 Å². The molecule has 0 spiro atoms. The van der Waals surface area contributed by atoms with Gasteiger partial charge in [-0.15, -0.1) is 0 Å². The molecule has 1 atom stereocenters. The summed E-state index contributed by atoms with van der Waals surface area (Å²) < 4.78 is 1.92. The van der Waals surface area contributed by atoms with Crippen molar-refractivity contribution in [2.45, 2.75) is 32.4 Å². The summed E-state index contributed by atoms with van der Waals surface area (Å²) in [6.45, 7) is 3.72. The molecule has 0 saturated carbocycles. The highest BCUT2D eigenvalue weighted by Gasteiger charge is 2.24. The molecular weight excluding hydrogens is 354 g/mol. The van der Waals surface area contributed by atoms with Gasteiger partial charge in [0.1, 0.15) is 18.1 Å². The fourth-order valence-electron chi connectivity index (χ4n) is 3.62. The topological polar surface area (TPSA) is 80.1 Å². The number of carbonyl (C=O) groups is 2. The number of imidazole rings is 1. The molecule has 0 radical (unpaired) electrons. The van der Waals surface area contributed by atoms with Crippen molar-refractivity contribution in [3.8, 4) is 0 Å². The number of carbonyl (C=O) groups excluding carboxylic acids is 2. The first-order chi connectivity index (χ1) is 13.6. The highest BCUT2D eigenvalue weighted by atomic mass is 16.2. The number of aromatic nitrogens is 3. The van der Waals surface area contributed by atoms with Crippen LogP contribution in [0.1, 0.15) is 42.1 Å². The van der Waals surface area contributed by atoms with Crippen LogP contribution in [0.4, 0.5) is 0 Å². The highest BCUT2D eigenvalue weighted by Crippen LogP contribution is 2.22. The van der Waals surface area contributed by atoms with Gasteiger partial charge in [-0.05, 0) is 44.0 Å². The molecule has 144 valence electrons. The van der Waals surface area contributed by atoms with Gasteiger partial charge < -0.3 is 14.8 Å². The Hall–Kier alpha value is -3.22. The van der Waals surface area contributed by atoms with Gasteiger partial charge >= 0.3 is 0 Å². The molecule has 4 rings (SSSR count). The van der Waals surface area contributed by atoms with E-state index >= 15 is 0 Å². The maximum atomic E-state index is 12.8. The molecule has 3 heterocycles. The predicted octanol–water partition coefficient (Wildman–Crippen LogP) is 2.54. The van der Waals surface area contributed by atoms with Gasteiger partial charge in [0.05, 0.1) is 17.1 Å². The molecule has 2 amide bonds. The summed E-state index contributed by atoms with van der Waals surface area (Å²) in [5, 5.41) is 2.95. The maximum Gasteiger partial charge on any atom is 0.270 e. The first-order valence-electron chi connectivity index (χ1n) is 9.58. The number of rotatable bonds is 5. The second-order valence-corrected chi connectivity index (χ2v) is 7.04. The number of benzene rings is 1. The number of hydrogen-bond acceptors (Lipinski definition) is 4. The molecule has 1 aromatic carbocycles. The van der Waals surface area contributed by atoms with Crippen molar-refractivity contribution in [1.82, 2.24) is 24.8 Å². The molecule has 3 aromatic rings. The van der Waals surface area contributed by atoms with Gasteiger partial charge in [-0.25, -0.2) is 4.98 Å². The lowest BCUT2D eigenvalue weighted by molar-refractivity contribution is -0.130. The van der Waals surface area contributed by atoms with Crippen molar-refractivity contribution in [3.05, 3.63) is 60.2 Å². The minimum absolute atomic E-state index is 0.0881. The molecule has 1 saturated heterocycles.